The molecule has 2 rings (SSSR count). The van der Waals surface area contributed by atoms with Gasteiger partial charge in [0.2, 0.25) is 0 Å². The average molecular weight is 250 g/mol. The molecule has 0 bridgehead atoms. The van der Waals surface area contributed by atoms with Crippen LogP contribution < -0.4 is 11.2 Å². The third-order valence-electron chi connectivity index (χ3n) is 2.89. The van der Waals surface area contributed by atoms with E-state index in [2.05, 4.69) is 5.10 Å². The number of aliphatic hydroxyl groups excluding tert-OH is 1. The summed E-state index contributed by atoms with van der Waals surface area (Å²) in [4.78, 5) is 24.1. The quantitative estimate of drug-likeness (QED) is 0.429. The van der Waals surface area contributed by atoms with Gasteiger partial charge >= 0.3 is 6.03 Å². The second-order valence-electron chi connectivity index (χ2n) is 4.23. The monoisotopic (exact) mass is 250 g/mol. The van der Waals surface area contributed by atoms with Crippen LogP contribution in [0.4, 0.5) is 4.79 Å². The molecule has 18 heavy (non-hydrogen) atoms. The molecule has 0 aromatic rings. The number of primary amides is 1. The van der Waals surface area contributed by atoms with Crippen LogP contribution in [0.15, 0.2) is 28.5 Å². The van der Waals surface area contributed by atoms with Gasteiger partial charge in [-0.3, -0.25) is 4.79 Å². The van der Waals surface area contributed by atoms with E-state index in [1.807, 2.05) is 17.4 Å². The number of hydrogen-bond acceptors (Lipinski definition) is 5. The Morgan fingerprint density at radius 2 is 2.44 bits per heavy atom. The van der Waals surface area contributed by atoms with Crippen molar-refractivity contribution in [2.75, 3.05) is 13.6 Å². The van der Waals surface area contributed by atoms with Crippen molar-refractivity contribution in [3.05, 3.63) is 23.4 Å². The summed E-state index contributed by atoms with van der Waals surface area (Å²) in [7, 11) is 1.81. The summed E-state index contributed by atoms with van der Waals surface area (Å²) in [5.41, 5.74) is 8.32. The van der Waals surface area contributed by atoms with Crippen LogP contribution in [-0.4, -0.2) is 47.7 Å². The molecule has 96 valence electrons. The molecule has 1 aliphatic heterocycles. The van der Waals surface area contributed by atoms with Crippen LogP contribution in [0.5, 0.6) is 0 Å². The molecule has 2 atom stereocenters. The lowest BCUT2D eigenvalue weighted by Crippen LogP contribution is -2.26. The summed E-state index contributed by atoms with van der Waals surface area (Å²) in [5.74, 6) is -0.735. The highest BCUT2D eigenvalue weighted by Crippen LogP contribution is 2.30. The standard InChI is InChI=1S/C11H14N4O3/c1-15-5-10(17)7-2-6(4-13-14-11(12)18)9(16)3-8(7)15/h2-4,6,10,17H,5H2,1H3,(H3,12,14,18)/b13-4-/t6-,10-/m0/s1. The van der Waals surface area contributed by atoms with E-state index in [9.17, 15) is 14.7 Å². The highest BCUT2D eigenvalue weighted by atomic mass is 16.3. The number of hydrogen-bond donors (Lipinski definition) is 3. The van der Waals surface area contributed by atoms with Crippen LogP contribution in [0.2, 0.25) is 0 Å². The maximum atomic E-state index is 11.8. The lowest BCUT2D eigenvalue weighted by molar-refractivity contribution is -0.115. The van der Waals surface area contributed by atoms with Gasteiger partial charge in [-0.15, -0.1) is 0 Å². The highest BCUT2D eigenvalue weighted by Gasteiger charge is 2.33. The van der Waals surface area contributed by atoms with Crippen molar-refractivity contribution in [2.45, 2.75) is 6.10 Å². The molecule has 0 radical (unpaired) electrons. The van der Waals surface area contributed by atoms with E-state index in [0.29, 0.717) is 12.1 Å². The third kappa shape index (κ3) is 2.25. The van der Waals surface area contributed by atoms with Gasteiger partial charge < -0.3 is 15.7 Å². The Morgan fingerprint density at radius 1 is 1.72 bits per heavy atom. The number of carbonyl (C=O) groups is 2. The predicted octanol–water partition coefficient (Wildman–Crippen LogP) is -1.04. The molecule has 4 N–H and O–H groups in total. The lowest BCUT2D eigenvalue weighted by atomic mass is 9.93. The molecule has 0 aromatic heterocycles. The van der Waals surface area contributed by atoms with Crippen molar-refractivity contribution in [2.24, 2.45) is 16.8 Å². The molecule has 2 amide bonds. The van der Waals surface area contributed by atoms with Crippen molar-refractivity contribution in [3.8, 4) is 0 Å². The number of rotatable bonds is 2. The fraction of sp³-hybridized carbons (Fsp3) is 0.364. The van der Waals surface area contributed by atoms with Crippen LogP contribution in [0, 0.1) is 5.92 Å². The molecule has 1 heterocycles. The first-order chi connectivity index (χ1) is 8.49. The fourth-order valence-electron chi connectivity index (χ4n) is 2.04. The first kappa shape index (κ1) is 12.3. The van der Waals surface area contributed by atoms with E-state index in [0.717, 1.165) is 5.70 Å². The molecule has 1 aliphatic carbocycles. The topological polar surface area (TPSA) is 108 Å². The zero-order valence-corrected chi connectivity index (χ0v) is 9.83. The van der Waals surface area contributed by atoms with E-state index < -0.39 is 18.1 Å². The molecule has 7 heteroatoms. The summed E-state index contributed by atoms with van der Waals surface area (Å²) >= 11 is 0. The zero-order valence-electron chi connectivity index (χ0n) is 9.83. The number of likely N-dealkylation sites (N-methyl/N-ethyl adjacent to an activating group) is 1. The lowest BCUT2D eigenvalue weighted by Gasteiger charge is -2.17. The van der Waals surface area contributed by atoms with E-state index in [1.165, 1.54) is 12.3 Å². The molecule has 0 unspecified atom stereocenters. The summed E-state index contributed by atoms with van der Waals surface area (Å²) in [6, 6.07) is -0.793. The number of amides is 2. The van der Waals surface area contributed by atoms with Gasteiger partial charge in [-0.2, -0.15) is 5.10 Å². The van der Waals surface area contributed by atoms with Crippen LogP contribution in [0.1, 0.15) is 0 Å². The van der Waals surface area contributed by atoms with Crippen LogP contribution in [0.3, 0.4) is 0 Å². The van der Waals surface area contributed by atoms with Gasteiger partial charge in [0.15, 0.2) is 5.78 Å². The zero-order chi connectivity index (χ0) is 13.3. The van der Waals surface area contributed by atoms with Gasteiger partial charge in [-0.05, 0) is 0 Å². The second kappa shape index (κ2) is 4.61. The molecule has 1 saturated heterocycles. The van der Waals surface area contributed by atoms with E-state index in [4.69, 9.17) is 5.73 Å². The Kier molecular flexibility index (Phi) is 3.15. The summed E-state index contributed by atoms with van der Waals surface area (Å²) in [6.45, 7) is 0.467. The van der Waals surface area contributed by atoms with Crippen molar-refractivity contribution in [3.63, 3.8) is 0 Å². The Labute approximate surface area is 104 Å². The Balaban J connectivity index is 2.17. The molecule has 0 spiro atoms. The second-order valence-corrected chi connectivity index (χ2v) is 4.23. The number of urea groups is 1. The highest BCUT2D eigenvalue weighted by molar-refractivity contribution is 6.05. The largest absolute Gasteiger partial charge is 0.386 e. The molecule has 0 aromatic carbocycles. The number of allylic oxidation sites excluding steroid dienone is 2. The number of carbonyl (C=O) groups excluding carboxylic acids is 2. The van der Waals surface area contributed by atoms with Gasteiger partial charge in [-0.1, -0.05) is 6.08 Å². The number of β-amino-alcohol motifs (C(OH)–C–C–N with tert-alkyl or cyclic N) is 1. The Bertz CT molecular complexity index is 481. The minimum atomic E-state index is -0.793. The van der Waals surface area contributed by atoms with Crippen molar-refractivity contribution < 1.29 is 14.7 Å². The van der Waals surface area contributed by atoms with Gasteiger partial charge in [0.25, 0.3) is 0 Å². The number of aliphatic hydroxyl groups is 1. The normalized spacial score (nSPS) is 27.0. The van der Waals surface area contributed by atoms with Gasteiger partial charge in [0.05, 0.1) is 12.0 Å². The molecular formula is C11H14N4O3. The molecule has 2 aliphatic rings. The van der Waals surface area contributed by atoms with E-state index in [1.54, 1.807) is 6.08 Å². The number of fused-ring (bicyclic) bond motifs is 1. The number of ketones is 1. The molecule has 1 fully saturated rings. The third-order valence-corrected chi connectivity index (χ3v) is 2.89. The fourth-order valence-corrected chi connectivity index (χ4v) is 2.04. The van der Waals surface area contributed by atoms with Crippen LogP contribution in [-0.2, 0) is 4.79 Å². The number of hydrazone groups is 1. The predicted molar refractivity (Wildman–Crippen MR) is 64.5 cm³/mol. The average Bonchev–Trinajstić information content (AvgIpc) is 2.54. The first-order valence-electron chi connectivity index (χ1n) is 5.44. The van der Waals surface area contributed by atoms with Crippen LogP contribution >= 0.6 is 0 Å². The minimum absolute atomic E-state index is 0.148. The van der Waals surface area contributed by atoms with Crippen molar-refractivity contribution in [1.82, 2.24) is 10.3 Å². The minimum Gasteiger partial charge on any atom is -0.386 e. The smallest absolute Gasteiger partial charge is 0.332 e. The van der Waals surface area contributed by atoms with Gasteiger partial charge in [-0.25, -0.2) is 10.2 Å². The summed E-state index contributed by atoms with van der Waals surface area (Å²) in [5, 5.41) is 13.4. The SMILES string of the molecule is CN1C[C@H](O)C2=C[C@@H](/C=N\NC(N)=O)C(=O)C=C21. The number of nitrogens with two attached hydrogens (primary N) is 1. The van der Waals surface area contributed by atoms with Crippen LogP contribution in [0.25, 0.3) is 0 Å². The van der Waals surface area contributed by atoms with E-state index in [-0.39, 0.29) is 5.78 Å². The maximum absolute atomic E-state index is 11.8. The number of likely N-dealkylation sites (tertiary alicyclic amines) is 1. The summed E-state index contributed by atoms with van der Waals surface area (Å²) < 4.78 is 0. The maximum Gasteiger partial charge on any atom is 0.332 e. The summed E-state index contributed by atoms with van der Waals surface area (Å²) in [6.07, 6.45) is 3.82. The number of nitrogens with one attached hydrogen (secondary N) is 1. The molecule has 0 saturated carbocycles. The molecule has 7 nitrogen and oxygen atoms in total. The molecular weight excluding hydrogens is 236 g/mol. The van der Waals surface area contributed by atoms with Gasteiger partial charge in [0.1, 0.15) is 0 Å². The van der Waals surface area contributed by atoms with E-state index >= 15 is 0 Å². The Morgan fingerprint density at radius 3 is 3.11 bits per heavy atom. The first-order valence-corrected chi connectivity index (χ1v) is 5.44. The van der Waals surface area contributed by atoms with Gasteiger partial charge in [0, 0.05) is 37.2 Å². The number of nitrogens with zero attached hydrogens (tertiary/aromatic N) is 2. The Hall–Kier alpha value is -2.15. The van der Waals surface area contributed by atoms with Crippen molar-refractivity contribution in [1.29, 1.82) is 0 Å². The van der Waals surface area contributed by atoms with Crippen molar-refractivity contribution >= 4 is 18.0 Å².